The maximum atomic E-state index is 11.9. The predicted molar refractivity (Wildman–Crippen MR) is 71.8 cm³/mol. The lowest BCUT2D eigenvalue weighted by atomic mass is 10.0. The van der Waals surface area contributed by atoms with Crippen LogP contribution in [0.1, 0.15) is 46.5 Å². The molecular formula is C14H25NO4. The fourth-order valence-electron chi connectivity index (χ4n) is 2.28. The molecule has 1 rings (SSSR count). The minimum Gasteiger partial charge on any atom is -0.481 e. The van der Waals surface area contributed by atoms with E-state index in [1.165, 1.54) is 0 Å². The molecule has 1 saturated heterocycles. The van der Waals surface area contributed by atoms with Crippen molar-refractivity contribution in [1.82, 2.24) is 5.32 Å². The van der Waals surface area contributed by atoms with E-state index in [9.17, 15) is 9.59 Å². The smallest absolute Gasteiger partial charge is 0.306 e. The normalized spacial score (nSPS) is 25.8. The van der Waals surface area contributed by atoms with Gasteiger partial charge in [0.05, 0.1) is 5.92 Å². The lowest BCUT2D eigenvalue weighted by molar-refractivity contribution is -0.141. The predicted octanol–water partition coefficient (Wildman–Crippen LogP) is 1.81. The Morgan fingerprint density at radius 3 is 2.58 bits per heavy atom. The molecule has 19 heavy (non-hydrogen) atoms. The molecule has 1 amide bonds. The van der Waals surface area contributed by atoms with Crippen molar-refractivity contribution in [1.29, 1.82) is 0 Å². The van der Waals surface area contributed by atoms with Gasteiger partial charge in [0.1, 0.15) is 6.10 Å². The van der Waals surface area contributed by atoms with Crippen LogP contribution in [0.15, 0.2) is 0 Å². The van der Waals surface area contributed by atoms with Crippen molar-refractivity contribution >= 4 is 11.9 Å². The molecule has 0 spiro atoms. The van der Waals surface area contributed by atoms with Crippen LogP contribution in [0.25, 0.3) is 0 Å². The third-order valence-corrected chi connectivity index (χ3v) is 3.73. The minimum absolute atomic E-state index is 0.0382. The molecule has 0 radical (unpaired) electrons. The number of amides is 1. The van der Waals surface area contributed by atoms with Gasteiger partial charge in [0.15, 0.2) is 0 Å². The summed E-state index contributed by atoms with van der Waals surface area (Å²) >= 11 is 0. The van der Waals surface area contributed by atoms with Gasteiger partial charge in [-0.05, 0) is 32.1 Å². The Morgan fingerprint density at radius 2 is 2.05 bits per heavy atom. The van der Waals surface area contributed by atoms with Gasteiger partial charge in [0.25, 0.3) is 0 Å². The van der Waals surface area contributed by atoms with Crippen molar-refractivity contribution in [2.45, 2.75) is 58.6 Å². The molecule has 1 heterocycles. The van der Waals surface area contributed by atoms with Crippen LogP contribution >= 0.6 is 0 Å². The number of ether oxygens (including phenoxy) is 1. The first-order chi connectivity index (χ1) is 8.91. The van der Waals surface area contributed by atoms with Gasteiger partial charge in [-0.1, -0.05) is 20.3 Å². The maximum Gasteiger partial charge on any atom is 0.306 e. The van der Waals surface area contributed by atoms with Gasteiger partial charge in [-0.3, -0.25) is 9.59 Å². The van der Waals surface area contributed by atoms with Gasteiger partial charge in [-0.2, -0.15) is 0 Å². The molecule has 4 atom stereocenters. The molecular weight excluding hydrogens is 246 g/mol. The minimum atomic E-state index is -0.759. The second-order valence-corrected chi connectivity index (χ2v) is 5.64. The van der Waals surface area contributed by atoms with Gasteiger partial charge in [0.2, 0.25) is 5.91 Å². The Morgan fingerprint density at radius 1 is 1.37 bits per heavy atom. The summed E-state index contributed by atoms with van der Waals surface area (Å²) in [5, 5.41) is 11.7. The van der Waals surface area contributed by atoms with E-state index < -0.39 is 5.97 Å². The highest BCUT2D eigenvalue weighted by atomic mass is 16.5. The zero-order valence-corrected chi connectivity index (χ0v) is 12.0. The Labute approximate surface area is 114 Å². The van der Waals surface area contributed by atoms with Crippen LogP contribution < -0.4 is 5.32 Å². The number of carbonyl (C=O) groups excluding carboxylic acids is 1. The van der Waals surface area contributed by atoms with Crippen molar-refractivity contribution in [3.63, 3.8) is 0 Å². The molecule has 0 aliphatic carbocycles. The van der Waals surface area contributed by atoms with Gasteiger partial charge in [0, 0.05) is 12.6 Å². The zero-order valence-electron chi connectivity index (χ0n) is 12.0. The van der Waals surface area contributed by atoms with Crippen LogP contribution in [0, 0.1) is 11.8 Å². The number of hydrogen-bond donors (Lipinski definition) is 2. The highest BCUT2D eigenvalue weighted by Gasteiger charge is 2.31. The van der Waals surface area contributed by atoms with Gasteiger partial charge >= 0.3 is 5.97 Å². The molecule has 0 aromatic heterocycles. The second kappa shape index (κ2) is 7.48. The van der Waals surface area contributed by atoms with Crippen molar-refractivity contribution < 1.29 is 19.4 Å². The van der Waals surface area contributed by atoms with Crippen LogP contribution in [0.3, 0.4) is 0 Å². The van der Waals surface area contributed by atoms with E-state index >= 15 is 0 Å². The third kappa shape index (κ3) is 5.19. The standard InChI is InChI=1S/C14H25NO4/c1-9-7-8-19-12(9)13(16)15-11(3)6-4-5-10(2)14(17)18/h9-12H,4-8H2,1-3H3,(H,15,16)(H,17,18). The van der Waals surface area contributed by atoms with E-state index in [1.807, 2.05) is 13.8 Å². The van der Waals surface area contributed by atoms with Crippen molar-refractivity contribution in [2.24, 2.45) is 11.8 Å². The molecule has 1 aliphatic rings. The van der Waals surface area contributed by atoms with Gasteiger partial charge in [-0.25, -0.2) is 0 Å². The highest BCUT2D eigenvalue weighted by Crippen LogP contribution is 2.20. The fraction of sp³-hybridized carbons (Fsp3) is 0.857. The maximum absolute atomic E-state index is 11.9. The molecule has 5 nitrogen and oxygen atoms in total. The average Bonchev–Trinajstić information content (AvgIpc) is 2.75. The molecule has 1 fully saturated rings. The topological polar surface area (TPSA) is 75.6 Å². The van der Waals surface area contributed by atoms with E-state index in [0.29, 0.717) is 13.0 Å². The number of hydrogen-bond acceptors (Lipinski definition) is 3. The highest BCUT2D eigenvalue weighted by molar-refractivity contribution is 5.81. The monoisotopic (exact) mass is 271 g/mol. The Hall–Kier alpha value is -1.10. The van der Waals surface area contributed by atoms with E-state index in [4.69, 9.17) is 9.84 Å². The summed E-state index contributed by atoms with van der Waals surface area (Å²) < 4.78 is 5.41. The summed E-state index contributed by atoms with van der Waals surface area (Å²) in [7, 11) is 0. The van der Waals surface area contributed by atoms with Crippen LogP contribution in [0.2, 0.25) is 0 Å². The van der Waals surface area contributed by atoms with Crippen molar-refractivity contribution in [3.05, 3.63) is 0 Å². The lowest BCUT2D eigenvalue weighted by Gasteiger charge is -2.19. The van der Waals surface area contributed by atoms with Crippen molar-refractivity contribution in [2.75, 3.05) is 6.61 Å². The Bertz CT molecular complexity index is 319. The fourth-order valence-corrected chi connectivity index (χ4v) is 2.28. The van der Waals surface area contributed by atoms with E-state index in [-0.39, 0.29) is 29.9 Å². The van der Waals surface area contributed by atoms with Crippen molar-refractivity contribution in [3.8, 4) is 0 Å². The number of nitrogens with one attached hydrogen (secondary N) is 1. The summed E-state index contributed by atoms with van der Waals surface area (Å²) in [5.74, 6) is -0.839. The molecule has 110 valence electrons. The van der Waals surface area contributed by atoms with E-state index in [0.717, 1.165) is 19.3 Å². The lowest BCUT2D eigenvalue weighted by Crippen LogP contribution is -2.41. The van der Waals surface area contributed by atoms with Crippen LogP contribution in [-0.4, -0.2) is 35.7 Å². The molecule has 2 N–H and O–H groups in total. The molecule has 5 heteroatoms. The summed E-state index contributed by atoms with van der Waals surface area (Å²) in [6.45, 7) is 6.34. The second-order valence-electron chi connectivity index (χ2n) is 5.64. The third-order valence-electron chi connectivity index (χ3n) is 3.73. The number of carboxylic acids is 1. The first-order valence-electron chi connectivity index (χ1n) is 7.06. The largest absolute Gasteiger partial charge is 0.481 e. The van der Waals surface area contributed by atoms with Gasteiger partial charge in [-0.15, -0.1) is 0 Å². The Kier molecular flexibility index (Phi) is 6.28. The summed E-state index contributed by atoms with van der Waals surface area (Å²) in [6.07, 6.45) is 2.86. The van der Waals surface area contributed by atoms with Crippen LogP contribution in [-0.2, 0) is 14.3 Å². The summed E-state index contributed by atoms with van der Waals surface area (Å²) in [6, 6.07) is 0.0601. The number of aliphatic carboxylic acids is 1. The molecule has 4 unspecified atom stereocenters. The first-order valence-corrected chi connectivity index (χ1v) is 7.06. The first kappa shape index (κ1) is 16.0. The summed E-state index contributed by atoms with van der Waals surface area (Å²) in [5.41, 5.74) is 0. The number of carboxylic acid groups (broad SMARTS) is 1. The number of rotatable bonds is 7. The quantitative estimate of drug-likeness (QED) is 0.740. The van der Waals surface area contributed by atoms with Crippen LogP contribution in [0.4, 0.5) is 0 Å². The zero-order chi connectivity index (χ0) is 14.4. The van der Waals surface area contributed by atoms with Crippen LogP contribution in [0.5, 0.6) is 0 Å². The number of carbonyl (C=O) groups is 2. The van der Waals surface area contributed by atoms with E-state index in [2.05, 4.69) is 5.32 Å². The molecule has 0 bridgehead atoms. The summed E-state index contributed by atoms with van der Waals surface area (Å²) in [4.78, 5) is 22.6. The SMILES string of the molecule is CC(CCCC(C)C(=O)O)NC(=O)C1OCCC1C. The molecule has 0 saturated carbocycles. The average molecular weight is 271 g/mol. The molecule has 0 aromatic rings. The molecule has 1 aliphatic heterocycles. The van der Waals surface area contributed by atoms with E-state index in [1.54, 1.807) is 6.92 Å². The molecule has 0 aromatic carbocycles. The Balaban J connectivity index is 2.21. The van der Waals surface area contributed by atoms with Gasteiger partial charge < -0.3 is 15.2 Å².